The molecule has 0 aliphatic carbocycles. The zero-order chi connectivity index (χ0) is 26.9. The Morgan fingerprint density at radius 3 is 1.84 bits per heavy atom. The summed E-state index contributed by atoms with van der Waals surface area (Å²) in [6, 6.07) is 12.0. The number of aromatic hydroxyl groups is 1. The summed E-state index contributed by atoms with van der Waals surface area (Å²) in [6.45, 7) is 0. The number of carbonyl (C=O) groups excluding carboxylic acids is 1. The summed E-state index contributed by atoms with van der Waals surface area (Å²) in [5, 5.41) is 13.2. The number of benzene rings is 3. The molecule has 0 atom stereocenters. The Hall–Kier alpha value is -4.79. The lowest BCUT2D eigenvalue weighted by Crippen LogP contribution is -2.08. The maximum absolute atomic E-state index is 12.6. The average molecular weight is 507 g/mol. The Kier molecular flexibility index (Phi) is 8.88. The molecule has 0 saturated carbocycles. The molecule has 194 valence electrons. The molecule has 1 amide bonds. The lowest BCUT2D eigenvalue weighted by molar-refractivity contribution is -0.111. The van der Waals surface area contributed by atoms with E-state index in [9.17, 15) is 9.90 Å². The third-order valence-electron chi connectivity index (χ3n) is 5.42. The summed E-state index contributed by atoms with van der Waals surface area (Å²) in [5.74, 6) is 1.60. The number of hydrogen-bond donors (Lipinski definition) is 3. The van der Waals surface area contributed by atoms with Gasteiger partial charge in [0.1, 0.15) is 5.75 Å². The van der Waals surface area contributed by atoms with Crippen molar-refractivity contribution in [2.75, 3.05) is 46.6 Å². The molecule has 9 nitrogen and oxygen atoms in total. The molecule has 37 heavy (non-hydrogen) atoms. The predicted octanol–water partition coefficient (Wildman–Crippen LogP) is 4.84. The van der Waals surface area contributed by atoms with Gasteiger partial charge < -0.3 is 39.8 Å². The Labute approximate surface area is 215 Å². The van der Waals surface area contributed by atoms with Gasteiger partial charge in [-0.2, -0.15) is 0 Å². The van der Waals surface area contributed by atoms with Crippen molar-refractivity contribution in [2.45, 2.75) is 0 Å². The van der Waals surface area contributed by atoms with Crippen LogP contribution in [-0.4, -0.2) is 46.6 Å². The number of rotatable bonds is 10. The van der Waals surface area contributed by atoms with Crippen LogP contribution in [0.4, 0.5) is 11.4 Å². The van der Waals surface area contributed by atoms with Gasteiger partial charge in [-0.1, -0.05) is 18.2 Å². The van der Waals surface area contributed by atoms with Gasteiger partial charge in [0, 0.05) is 6.08 Å². The van der Waals surface area contributed by atoms with Crippen LogP contribution < -0.4 is 34.7 Å². The van der Waals surface area contributed by atoms with Gasteiger partial charge in [0.2, 0.25) is 11.7 Å². The van der Waals surface area contributed by atoms with Crippen LogP contribution in [0.2, 0.25) is 0 Å². The highest BCUT2D eigenvalue weighted by Gasteiger charge is 2.14. The van der Waals surface area contributed by atoms with Gasteiger partial charge in [-0.15, -0.1) is 0 Å². The maximum Gasteiger partial charge on any atom is 0.248 e. The van der Waals surface area contributed by atoms with Crippen molar-refractivity contribution >= 4 is 35.5 Å². The SMILES string of the molecule is COc1cc(/C=C/C(=O)Nc2cc(/C=C/c3cc(OC)c(OC)c(OC)c3)cc(OC)c2O)ccc1N. The van der Waals surface area contributed by atoms with Crippen LogP contribution in [0.5, 0.6) is 34.5 Å². The van der Waals surface area contributed by atoms with Crippen molar-refractivity contribution in [1.29, 1.82) is 0 Å². The molecular formula is C28H30N2O7. The molecule has 3 aromatic carbocycles. The fourth-order valence-electron chi connectivity index (χ4n) is 3.54. The van der Waals surface area contributed by atoms with Crippen LogP contribution in [0, 0.1) is 0 Å². The lowest BCUT2D eigenvalue weighted by Gasteiger charge is -2.13. The average Bonchev–Trinajstić information content (AvgIpc) is 2.91. The molecule has 0 radical (unpaired) electrons. The molecule has 0 saturated heterocycles. The molecular weight excluding hydrogens is 476 g/mol. The van der Waals surface area contributed by atoms with Crippen molar-refractivity contribution in [3.05, 3.63) is 65.2 Å². The van der Waals surface area contributed by atoms with Crippen LogP contribution in [-0.2, 0) is 4.79 Å². The Morgan fingerprint density at radius 1 is 0.730 bits per heavy atom. The summed E-state index contributed by atoms with van der Waals surface area (Å²) in [4.78, 5) is 12.6. The summed E-state index contributed by atoms with van der Waals surface area (Å²) >= 11 is 0. The van der Waals surface area contributed by atoms with E-state index in [1.807, 2.05) is 6.08 Å². The van der Waals surface area contributed by atoms with E-state index >= 15 is 0 Å². The third-order valence-corrected chi connectivity index (χ3v) is 5.42. The largest absolute Gasteiger partial charge is 0.503 e. The molecule has 0 aliphatic heterocycles. The Balaban J connectivity index is 1.86. The number of ether oxygens (including phenoxy) is 5. The highest BCUT2D eigenvalue weighted by Crippen LogP contribution is 2.39. The number of nitrogen functional groups attached to an aromatic ring is 1. The van der Waals surface area contributed by atoms with E-state index in [2.05, 4.69) is 5.32 Å². The van der Waals surface area contributed by atoms with Gasteiger partial charge in [0.15, 0.2) is 23.0 Å². The molecule has 0 fully saturated rings. The molecule has 3 rings (SSSR count). The lowest BCUT2D eigenvalue weighted by atomic mass is 10.1. The normalized spacial score (nSPS) is 10.9. The highest BCUT2D eigenvalue weighted by atomic mass is 16.5. The topological polar surface area (TPSA) is 122 Å². The van der Waals surface area contributed by atoms with Crippen LogP contribution in [0.15, 0.2) is 48.5 Å². The molecule has 3 aromatic rings. The van der Waals surface area contributed by atoms with Gasteiger partial charge in [0.05, 0.1) is 46.9 Å². The van der Waals surface area contributed by atoms with Crippen LogP contribution in [0.3, 0.4) is 0 Å². The van der Waals surface area contributed by atoms with Crippen molar-refractivity contribution in [2.24, 2.45) is 0 Å². The molecule has 0 aromatic heterocycles. The third kappa shape index (κ3) is 6.46. The van der Waals surface area contributed by atoms with E-state index in [4.69, 9.17) is 29.4 Å². The monoisotopic (exact) mass is 506 g/mol. The van der Waals surface area contributed by atoms with E-state index < -0.39 is 5.91 Å². The van der Waals surface area contributed by atoms with Gasteiger partial charge in [-0.05, 0) is 59.2 Å². The molecule has 0 aliphatic rings. The number of phenolic OH excluding ortho intramolecular Hbond substituents is 1. The number of amides is 1. The first-order chi connectivity index (χ1) is 17.8. The summed E-state index contributed by atoms with van der Waals surface area (Å²) in [6.07, 6.45) is 6.58. The zero-order valence-corrected chi connectivity index (χ0v) is 21.3. The molecule has 9 heteroatoms. The van der Waals surface area contributed by atoms with Gasteiger partial charge in [0.25, 0.3) is 0 Å². The van der Waals surface area contributed by atoms with Crippen molar-refractivity contribution in [1.82, 2.24) is 0 Å². The van der Waals surface area contributed by atoms with Crippen molar-refractivity contribution in [3.63, 3.8) is 0 Å². The minimum atomic E-state index is -0.445. The van der Waals surface area contributed by atoms with Crippen molar-refractivity contribution < 1.29 is 33.6 Å². The second kappa shape index (κ2) is 12.3. The Bertz CT molecular complexity index is 1310. The van der Waals surface area contributed by atoms with Crippen molar-refractivity contribution in [3.8, 4) is 34.5 Å². The van der Waals surface area contributed by atoms with Crippen LogP contribution >= 0.6 is 0 Å². The number of anilines is 2. The zero-order valence-electron chi connectivity index (χ0n) is 21.3. The van der Waals surface area contributed by atoms with E-state index in [0.717, 1.165) is 11.1 Å². The number of carbonyl (C=O) groups is 1. The number of methoxy groups -OCH3 is 5. The Morgan fingerprint density at radius 2 is 1.27 bits per heavy atom. The molecule has 0 bridgehead atoms. The summed E-state index contributed by atoms with van der Waals surface area (Å²) in [7, 11) is 7.58. The summed E-state index contributed by atoms with van der Waals surface area (Å²) in [5.41, 5.74) is 8.70. The summed E-state index contributed by atoms with van der Waals surface area (Å²) < 4.78 is 26.7. The van der Waals surface area contributed by atoms with Gasteiger partial charge in [-0.3, -0.25) is 4.79 Å². The molecule has 0 unspecified atom stereocenters. The van der Waals surface area contributed by atoms with Crippen LogP contribution in [0.1, 0.15) is 16.7 Å². The van der Waals surface area contributed by atoms with E-state index in [1.54, 1.807) is 68.8 Å². The number of hydrogen-bond acceptors (Lipinski definition) is 8. The van der Waals surface area contributed by atoms with E-state index in [0.29, 0.717) is 34.2 Å². The number of nitrogens with two attached hydrogens (primary N) is 1. The predicted molar refractivity (Wildman–Crippen MR) is 145 cm³/mol. The standard InChI is InChI=1S/C28H30N2O7/c1-33-22-13-17(8-10-20(22)29)9-11-26(31)30-21-12-18(14-23(34-2)27(21)32)6-7-19-15-24(35-3)28(37-5)25(16-19)36-4/h6-16,32H,29H2,1-5H3,(H,30,31)/b7-6+,11-9+. The minimum Gasteiger partial charge on any atom is -0.503 e. The number of phenols is 1. The fraction of sp³-hybridized carbons (Fsp3) is 0.179. The molecule has 4 N–H and O–H groups in total. The van der Waals surface area contributed by atoms with E-state index in [-0.39, 0.29) is 17.2 Å². The smallest absolute Gasteiger partial charge is 0.248 e. The quantitative estimate of drug-likeness (QED) is 0.155. The molecule has 0 spiro atoms. The fourth-order valence-corrected chi connectivity index (χ4v) is 3.54. The minimum absolute atomic E-state index is 0.188. The molecule has 0 heterocycles. The van der Waals surface area contributed by atoms with Crippen LogP contribution in [0.25, 0.3) is 18.2 Å². The van der Waals surface area contributed by atoms with Gasteiger partial charge >= 0.3 is 0 Å². The first-order valence-electron chi connectivity index (χ1n) is 11.1. The van der Waals surface area contributed by atoms with E-state index in [1.165, 1.54) is 27.4 Å². The maximum atomic E-state index is 12.6. The first kappa shape index (κ1) is 26.8. The van der Waals surface area contributed by atoms with Gasteiger partial charge in [-0.25, -0.2) is 0 Å². The second-order valence-corrected chi connectivity index (χ2v) is 7.74. The highest BCUT2D eigenvalue weighted by molar-refractivity contribution is 6.03. The first-order valence-corrected chi connectivity index (χ1v) is 11.1. The second-order valence-electron chi connectivity index (χ2n) is 7.74. The number of nitrogens with one attached hydrogen (secondary N) is 1.